The number of benzene rings is 1. The van der Waals surface area contributed by atoms with Crippen molar-refractivity contribution in [2.45, 2.75) is 37.7 Å². The molecule has 28 heavy (non-hydrogen) atoms. The molecular formula is C20H32IN3O4. The Labute approximate surface area is 184 Å². The molecule has 0 radical (unpaired) electrons. The van der Waals surface area contributed by atoms with Crippen molar-refractivity contribution < 1.29 is 18.9 Å². The summed E-state index contributed by atoms with van der Waals surface area (Å²) in [6.07, 6.45) is 1.89. The van der Waals surface area contributed by atoms with E-state index in [9.17, 15) is 0 Å². The number of guanidine groups is 1. The third-order valence-corrected chi connectivity index (χ3v) is 5.49. The summed E-state index contributed by atoms with van der Waals surface area (Å²) in [4.78, 5) is 4.36. The van der Waals surface area contributed by atoms with Crippen LogP contribution in [0.15, 0.2) is 23.2 Å². The van der Waals surface area contributed by atoms with Gasteiger partial charge in [-0.2, -0.15) is 0 Å². The molecule has 2 N–H and O–H groups in total. The zero-order chi connectivity index (χ0) is 19.3. The molecule has 1 aromatic rings. The van der Waals surface area contributed by atoms with Crippen molar-refractivity contribution in [2.75, 3.05) is 47.3 Å². The predicted molar refractivity (Wildman–Crippen MR) is 120 cm³/mol. The Morgan fingerprint density at radius 2 is 1.89 bits per heavy atom. The molecule has 2 aliphatic heterocycles. The monoisotopic (exact) mass is 505 g/mol. The summed E-state index contributed by atoms with van der Waals surface area (Å²) in [5.74, 6) is 2.41. The maximum absolute atomic E-state index is 5.63. The lowest BCUT2D eigenvalue weighted by Crippen LogP contribution is -2.50. The van der Waals surface area contributed by atoms with E-state index < -0.39 is 0 Å². The largest absolute Gasteiger partial charge is 0.454 e. The van der Waals surface area contributed by atoms with Gasteiger partial charge in [0.05, 0.1) is 5.60 Å². The lowest BCUT2D eigenvalue weighted by Gasteiger charge is -2.38. The first-order valence-corrected chi connectivity index (χ1v) is 9.46. The van der Waals surface area contributed by atoms with Crippen LogP contribution in [0.2, 0.25) is 0 Å². The number of hydrogen-bond acceptors (Lipinski definition) is 5. The van der Waals surface area contributed by atoms with Crippen molar-refractivity contribution in [3.8, 4) is 11.5 Å². The van der Waals surface area contributed by atoms with Crippen LogP contribution >= 0.6 is 24.0 Å². The van der Waals surface area contributed by atoms with Crippen molar-refractivity contribution in [3.63, 3.8) is 0 Å². The Hall–Kier alpha value is -1.26. The summed E-state index contributed by atoms with van der Waals surface area (Å²) in [6, 6.07) is 6.26. The van der Waals surface area contributed by atoms with E-state index in [4.69, 9.17) is 18.9 Å². The van der Waals surface area contributed by atoms with Crippen LogP contribution in [-0.4, -0.2) is 58.8 Å². The Balaban J connectivity index is 0.00000280. The fourth-order valence-corrected chi connectivity index (χ4v) is 3.40. The van der Waals surface area contributed by atoms with Gasteiger partial charge in [-0.05, 0) is 44.4 Å². The molecule has 1 fully saturated rings. The topological polar surface area (TPSA) is 73.3 Å². The summed E-state index contributed by atoms with van der Waals surface area (Å²) in [7, 11) is 3.50. The van der Waals surface area contributed by atoms with E-state index in [1.165, 1.54) is 5.56 Å². The molecule has 158 valence electrons. The average molecular weight is 505 g/mol. The van der Waals surface area contributed by atoms with E-state index in [0.29, 0.717) is 13.3 Å². The first kappa shape index (κ1) is 23.0. The van der Waals surface area contributed by atoms with Gasteiger partial charge in [0.15, 0.2) is 17.5 Å². The number of fused-ring (bicyclic) bond motifs is 1. The first-order chi connectivity index (χ1) is 13.0. The molecule has 0 saturated carbocycles. The van der Waals surface area contributed by atoms with Crippen LogP contribution < -0.4 is 20.1 Å². The minimum atomic E-state index is -0.259. The number of nitrogens with one attached hydrogen (secondary N) is 2. The van der Waals surface area contributed by atoms with Crippen LogP contribution in [0.5, 0.6) is 11.5 Å². The Kier molecular flexibility index (Phi) is 8.20. The first-order valence-electron chi connectivity index (χ1n) is 9.46. The molecule has 7 nitrogen and oxygen atoms in total. The van der Waals surface area contributed by atoms with E-state index in [1.54, 1.807) is 14.2 Å². The molecule has 0 amide bonds. The molecule has 1 aromatic carbocycles. The molecular weight excluding hydrogens is 473 g/mol. The van der Waals surface area contributed by atoms with Gasteiger partial charge in [-0.25, -0.2) is 0 Å². The van der Waals surface area contributed by atoms with E-state index in [2.05, 4.69) is 27.8 Å². The molecule has 0 aromatic heterocycles. The fourth-order valence-electron chi connectivity index (χ4n) is 3.40. The van der Waals surface area contributed by atoms with Gasteiger partial charge >= 0.3 is 0 Å². The van der Waals surface area contributed by atoms with Gasteiger partial charge in [-0.1, -0.05) is 6.07 Å². The van der Waals surface area contributed by atoms with Crippen molar-refractivity contribution in [3.05, 3.63) is 23.8 Å². The number of ether oxygens (including phenoxy) is 4. The fraction of sp³-hybridized carbons (Fsp3) is 0.650. The summed E-state index contributed by atoms with van der Waals surface area (Å²) < 4.78 is 22.2. The van der Waals surface area contributed by atoms with Gasteiger partial charge in [0.2, 0.25) is 6.79 Å². The highest BCUT2D eigenvalue weighted by molar-refractivity contribution is 14.0. The number of hydrogen-bond donors (Lipinski definition) is 2. The maximum atomic E-state index is 5.63. The van der Waals surface area contributed by atoms with E-state index in [0.717, 1.165) is 50.1 Å². The van der Waals surface area contributed by atoms with Gasteiger partial charge in [-0.3, -0.25) is 4.99 Å². The van der Waals surface area contributed by atoms with Crippen LogP contribution in [0.25, 0.3) is 0 Å². The Morgan fingerprint density at radius 1 is 1.18 bits per heavy atom. The molecule has 0 unspecified atom stereocenters. The second kappa shape index (κ2) is 9.98. The number of nitrogens with zero attached hydrogens (tertiary/aromatic N) is 1. The minimum absolute atomic E-state index is 0. The van der Waals surface area contributed by atoms with Crippen molar-refractivity contribution in [2.24, 2.45) is 4.99 Å². The lowest BCUT2D eigenvalue weighted by atomic mass is 9.74. The summed E-state index contributed by atoms with van der Waals surface area (Å²) >= 11 is 0. The third-order valence-electron chi connectivity index (χ3n) is 5.49. The average Bonchev–Trinajstić information content (AvgIpc) is 3.16. The Morgan fingerprint density at radius 3 is 2.57 bits per heavy atom. The van der Waals surface area contributed by atoms with Gasteiger partial charge in [0.25, 0.3) is 0 Å². The van der Waals surface area contributed by atoms with Gasteiger partial charge in [0.1, 0.15) is 0 Å². The molecule has 0 aliphatic carbocycles. The van der Waals surface area contributed by atoms with Crippen LogP contribution in [0.3, 0.4) is 0 Å². The van der Waals surface area contributed by atoms with Crippen molar-refractivity contribution in [1.29, 1.82) is 0 Å². The van der Waals surface area contributed by atoms with Crippen LogP contribution in [0.4, 0.5) is 0 Å². The second-order valence-corrected chi connectivity index (χ2v) is 7.70. The van der Waals surface area contributed by atoms with E-state index in [1.807, 2.05) is 19.9 Å². The quantitative estimate of drug-likeness (QED) is 0.352. The number of aliphatic imine (C=N–C) groups is 1. The normalized spacial score (nSPS) is 18.4. The summed E-state index contributed by atoms with van der Waals surface area (Å²) in [5.41, 5.74) is 0.953. The molecule has 0 spiro atoms. The van der Waals surface area contributed by atoms with Crippen molar-refractivity contribution in [1.82, 2.24) is 10.6 Å². The Bertz CT molecular complexity index is 675. The highest BCUT2D eigenvalue weighted by Gasteiger charge is 2.36. The summed E-state index contributed by atoms with van der Waals surface area (Å²) in [6.45, 7) is 7.31. The summed E-state index contributed by atoms with van der Waals surface area (Å²) in [5, 5.41) is 6.85. The van der Waals surface area contributed by atoms with Crippen LogP contribution in [-0.2, 0) is 14.9 Å². The third kappa shape index (κ3) is 5.42. The lowest BCUT2D eigenvalue weighted by molar-refractivity contribution is 0.0267. The SMILES string of the molecule is CN=C(NCC(C)(C)OC)NCC1(c2ccc3c(c2)OCO3)CCOCC1.I. The molecule has 0 bridgehead atoms. The predicted octanol–water partition coefficient (Wildman–Crippen LogP) is 2.67. The smallest absolute Gasteiger partial charge is 0.231 e. The zero-order valence-corrected chi connectivity index (χ0v) is 19.5. The van der Waals surface area contributed by atoms with Gasteiger partial charge in [-0.15, -0.1) is 24.0 Å². The molecule has 0 atom stereocenters. The zero-order valence-electron chi connectivity index (χ0n) is 17.2. The molecule has 8 heteroatoms. The minimum Gasteiger partial charge on any atom is -0.454 e. The molecule has 3 rings (SSSR count). The van der Waals surface area contributed by atoms with E-state index in [-0.39, 0.29) is 35.0 Å². The standard InChI is InChI=1S/C20H31N3O4.HI/c1-19(2,24-4)12-22-18(21-3)23-13-20(7-9-25-10-8-20)15-5-6-16-17(11-15)27-14-26-16;/h5-6,11H,7-10,12-14H2,1-4H3,(H2,21,22,23);1H. The van der Waals surface area contributed by atoms with Crippen LogP contribution in [0.1, 0.15) is 32.3 Å². The maximum Gasteiger partial charge on any atom is 0.231 e. The van der Waals surface area contributed by atoms with Gasteiger partial charge < -0.3 is 29.6 Å². The number of halogens is 1. The van der Waals surface area contributed by atoms with Gasteiger partial charge in [0, 0.05) is 45.9 Å². The second-order valence-electron chi connectivity index (χ2n) is 7.70. The number of methoxy groups -OCH3 is 1. The highest BCUT2D eigenvalue weighted by Crippen LogP contribution is 2.40. The molecule has 2 aliphatic rings. The van der Waals surface area contributed by atoms with Crippen LogP contribution in [0, 0.1) is 0 Å². The van der Waals surface area contributed by atoms with Crippen molar-refractivity contribution >= 4 is 29.9 Å². The molecule has 1 saturated heterocycles. The van der Waals surface area contributed by atoms with E-state index >= 15 is 0 Å². The highest BCUT2D eigenvalue weighted by atomic mass is 127. The molecule has 2 heterocycles. The number of rotatable bonds is 6.